The van der Waals surface area contributed by atoms with Crippen molar-refractivity contribution in [2.45, 2.75) is 11.8 Å². The molecule has 0 fully saturated rings. The van der Waals surface area contributed by atoms with Crippen LogP contribution >= 0.6 is 11.8 Å². The molecule has 86 valence electrons. The van der Waals surface area contributed by atoms with Crippen LogP contribution in [0.15, 0.2) is 63.7 Å². The van der Waals surface area contributed by atoms with Gasteiger partial charge in [-0.05, 0) is 36.9 Å². The Hall–Kier alpha value is -1.61. The molecule has 3 heteroatoms. The number of hydrogen-bond acceptors (Lipinski definition) is 3. The van der Waals surface area contributed by atoms with Crippen molar-refractivity contribution in [2.75, 3.05) is 6.26 Å². The Morgan fingerprint density at radius 3 is 2.35 bits per heavy atom. The molecule has 0 aliphatic carbocycles. The second kappa shape index (κ2) is 5.64. The lowest BCUT2D eigenvalue weighted by Crippen LogP contribution is -1.78. The lowest BCUT2D eigenvalue weighted by Gasteiger charge is -2.04. The van der Waals surface area contributed by atoms with Crippen LogP contribution in [0.4, 0.5) is 11.4 Å². The number of benzene rings is 2. The normalized spacial score (nSPS) is 10.9. The van der Waals surface area contributed by atoms with Crippen LogP contribution in [-0.2, 0) is 0 Å². The molecule has 0 atom stereocenters. The summed E-state index contributed by atoms with van der Waals surface area (Å²) in [5.74, 6) is 0. The highest BCUT2D eigenvalue weighted by molar-refractivity contribution is 7.98. The maximum atomic E-state index is 4.31. The van der Waals surface area contributed by atoms with Crippen molar-refractivity contribution in [3.05, 3.63) is 54.1 Å². The molecule has 2 nitrogen and oxygen atoms in total. The van der Waals surface area contributed by atoms with Crippen molar-refractivity contribution in [2.24, 2.45) is 10.2 Å². The zero-order valence-electron chi connectivity index (χ0n) is 9.92. The topological polar surface area (TPSA) is 24.7 Å². The van der Waals surface area contributed by atoms with E-state index in [0.717, 1.165) is 11.4 Å². The zero-order valence-corrected chi connectivity index (χ0v) is 10.7. The average Bonchev–Trinajstić information content (AvgIpc) is 2.37. The Morgan fingerprint density at radius 1 is 0.882 bits per heavy atom. The molecule has 17 heavy (non-hydrogen) atoms. The van der Waals surface area contributed by atoms with Crippen molar-refractivity contribution in [3.63, 3.8) is 0 Å². The van der Waals surface area contributed by atoms with Gasteiger partial charge in [-0.25, -0.2) is 0 Å². The summed E-state index contributed by atoms with van der Waals surface area (Å²) in [6, 6.07) is 15.9. The molecule has 0 bridgehead atoms. The average molecular weight is 242 g/mol. The Bertz CT molecular complexity index is 521. The molecule has 0 N–H and O–H groups in total. The summed E-state index contributed by atoms with van der Waals surface area (Å²) in [4.78, 5) is 1.19. The van der Waals surface area contributed by atoms with Crippen LogP contribution < -0.4 is 0 Å². The first kappa shape index (κ1) is 11.9. The second-order valence-corrected chi connectivity index (χ2v) is 4.48. The van der Waals surface area contributed by atoms with Crippen molar-refractivity contribution >= 4 is 23.1 Å². The van der Waals surface area contributed by atoms with E-state index in [0.29, 0.717) is 0 Å². The van der Waals surface area contributed by atoms with E-state index in [1.54, 1.807) is 11.8 Å². The van der Waals surface area contributed by atoms with Gasteiger partial charge in [-0.15, -0.1) is 16.9 Å². The molecular formula is C14H14N2S. The van der Waals surface area contributed by atoms with Gasteiger partial charge in [0.1, 0.15) is 0 Å². The van der Waals surface area contributed by atoms with E-state index < -0.39 is 0 Å². The van der Waals surface area contributed by atoms with Crippen LogP contribution in [0, 0.1) is 6.92 Å². The van der Waals surface area contributed by atoms with Gasteiger partial charge in [0.05, 0.1) is 11.4 Å². The number of aryl methyl sites for hydroxylation is 1. The molecular weight excluding hydrogens is 228 g/mol. The SMILES string of the molecule is CSc1c(C)cccc1N=Nc1ccccc1. The van der Waals surface area contributed by atoms with Crippen LogP contribution in [0.1, 0.15) is 5.56 Å². The Morgan fingerprint density at radius 2 is 1.65 bits per heavy atom. The van der Waals surface area contributed by atoms with E-state index in [-0.39, 0.29) is 0 Å². The smallest absolute Gasteiger partial charge is 0.0995 e. The Kier molecular flexibility index (Phi) is 3.94. The summed E-state index contributed by atoms with van der Waals surface area (Å²) < 4.78 is 0. The maximum absolute atomic E-state index is 4.31. The molecule has 0 amide bonds. The minimum Gasteiger partial charge on any atom is -0.151 e. The Balaban J connectivity index is 2.30. The molecule has 0 heterocycles. The van der Waals surface area contributed by atoms with Gasteiger partial charge in [0.15, 0.2) is 0 Å². The third kappa shape index (κ3) is 2.94. The number of thioether (sulfide) groups is 1. The van der Waals surface area contributed by atoms with Gasteiger partial charge in [0, 0.05) is 4.90 Å². The number of azo groups is 1. The summed E-state index contributed by atoms with van der Waals surface area (Å²) >= 11 is 1.70. The van der Waals surface area contributed by atoms with Crippen LogP contribution in [0.5, 0.6) is 0 Å². The van der Waals surface area contributed by atoms with Gasteiger partial charge in [0.2, 0.25) is 0 Å². The number of hydrogen-bond donors (Lipinski definition) is 0. The molecule has 2 aromatic rings. The molecule has 0 aromatic heterocycles. The summed E-state index contributed by atoms with van der Waals surface area (Å²) in [6.07, 6.45) is 2.06. The third-order valence-corrected chi connectivity index (χ3v) is 3.36. The van der Waals surface area contributed by atoms with Gasteiger partial charge in [-0.3, -0.25) is 0 Å². The molecule has 0 saturated carbocycles. The largest absolute Gasteiger partial charge is 0.151 e. The van der Waals surface area contributed by atoms with E-state index in [9.17, 15) is 0 Å². The third-order valence-electron chi connectivity index (χ3n) is 2.42. The van der Waals surface area contributed by atoms with Gasteiger partial charge in [-0.1, -0.05) is 30.3 Å². The fourth-order valence-corrected chi connectivity index (χ4v) is 2.30. The lowest BCUT2D eigenvalue weighted by molar-refractivity contribution is 1.17. The minimum atomic E-state index is 0.876. The van der Waals surface area contributed by atoms with Gasteiger partial charge >= 0.3 is 0 Å². The molecule has 2 rings (SSSR count). The summed E-state index contributed by atoms with van der Waals surface area (Å²) in [5.41, 5.74) is 3.05. The standard InChI is InChI=1S/C14H14N2S/c1-11-7-6-10-13(14(11)17-2)16-15-12-8-4-3-5-9-12/h3-10H,1-2H3. The first-order valence-corrected chi connectivity index (χ1v) is 6.64. The second-order valence-electron chi connectivity index (χ2n) is 3.66. The predicted octanol–water partition coefficient (Wildman–Crippen LogP) is 5.13. The first-order valence-electron chi connectivity index (χ1n) is 5.41. The summed E-state index contributed by atoms with van der Waals surface area (Å²) in [5, 5.41) is 8.55. The van der Waals surface area contributed by atoms with Gasteiger partial charge in [-0.2, -0.15) is 5.11 Å². The lowest BCUT2D eigenvalue weighted by atomic mass is 10.2. The molecule has 0 spiro atoms. The molecule has 0 radical (unpaired) electrons. The minimum absolute atomic E-state index is 0.876. The fraction of sp³-hybridized carbons (Fsp3) is 0.143. The van der Waals surface area contributed by atoms with Crippen molar-refractivity contribution in [3.8, 4) is 0 Å². The zero-order chi connectivity index (χ0) is 12.1. The molecule has 0 aliphatic rings. The summed E-state index contributed by atoms with van der Waals surface area (Å²) in [7, 11) is 0. The highest BCUT2D eigenvalue weighted by Crippen LogP contribution is 2.32. The monoisotopic (exact) mass is 242 g/mol. The van der Waals surface area contributed by atoms with Crippen LogP contribution in [0.3, 0.4) is 0 Å². The van der Waals surface area contributed by atoms with E-state index >= 15 is 0 Å². The molecule has 2 aromatic carbocycles. The van der Waals surface area contributed by atoms with Crippen molar-refractivity contribution in [1.82, 2.24) is 0 Å². The van der Waals surface area contributed by atoms with Crippen LogP contribution in [0.2, 0.25) is 0 Å². The van der Waals surface area contributed by atoms with Crippen LogP contribution in [-0.4, -0.2) is 6.26 Å². The molecule has 0 saturated heterocycles. The number of nitrogens with zero attached hydrogens (tertiary/aromatic N) is 2. The van der Waals surface area contributed by atoms with E-state index in [1.165, 1.54) is 10.5 Å². The quantitative estimate of drug-likeness (QED) is 0.540. The molecule has 0 unspecified atom stereocenters. The van der Waals surface area contributed by atoms with E-state index in [2.05, 4.69) is 29.5 Å². The number of rotatable bonds is 3. The maximum Gasteiger partial charge on any atom is 0.0995 e. The van der Waals surface area contributed by atoms with E-state index in [4.69, 9.17) is 0 Å². The fourth-order valence-electron chi connectivity index (χ4n) is 1.59. The summed E-state index contributed by atoms with van der Waals surface area (Å²) in [6.45, 7) is 2.09. The molecule has 0 aliphatic heterocycles. The Labute approximate surface area is 106 Å². The van der Waals surface area contributed by atoms with E-state index in [1.807, 2.05) is 42.5 Å². The van der Waals surface area contributed by atoms with Crippen molar-refractivity contribution in [1.29, 1.82) is 0 Å². The highest BCUT2D eigenvalue weighted by atomic mass is 32.2. The predicted molar refractivity (Wildman–Crippen MR) is 73.6 cm³/mol. The van der Waals surface area contributed by atoms with Gasteiger partial charge < -0.3 is 0 Å². The van der Waals surface area contributed by atoms with Gasteiger partial charge in [0.25, 0.3) is 0 Å². The van der Waals surface area contributed by atoms with Crippen LogP contribution in [0.25, 0.3) is 0 Å². The van der Waals surface area contributed by atoms with Crippen molar-refractivity contribution < 1.29 is 0 Å². The highest BCUT2D eigenvalue weighted by Gasteiger charge is 2.02. The first-order chi connectivity index (χ1) is 8.31.